The van der Waals surface area contributed by atoms with Gasteiger partial charge in [-0.1, -0.05) is 47.5 Å². The van der Waals surface area contributed by atoms with Crippen LogP contribution in [0.25, 0.3) is 0 Å². The van der Waals surface area contributed by atoms with E-state index in [2.05, 4.69) is 0 Å². The van der Waals surface area contributed by atoms with Gasteiger partial charge in [0.05, 0.1) is 5.56 Å². The lowest BCUT2D eigenvalue weighted by Crippen LogP contribution is -2.29. The van der Waals surface area contributed by atoms with Crippen LogP contribution >= 0.6 is 11.6 Å². The van der Waals surface area contributed by atoms with E-state index in [1.54, 1.807) is 36.2 Å². The Morgan fingerprint density at radius 1 is 1.12 bits per heavy atom. The Hall–Kier alpha value is -2.79. The molecule has 5 nitrogen and oxygen atoms in total. The number of benzene rings is 2. The van der Waals surface area contributed by atoms with E-state index in [4.69, 9.17) is 21.1 Å². The van der Waals surface area contributed by atoms with Crippen LogP contribution in [0.3, 0.4) is 0 Å². The Kier molecular flexibility index (Phi) is 4.76. The number of nitrogens with zero attached hydrogens (tertiary/aromatic N) is 1. The van der Waals surface area contributed by atoms with Crippen LogP contribution < -0.4 is 4.90 Å². The Labute approximate surface area is 150 Å². The van der Waals surface area contributed by atoms with Crippen molar-refractivity contribution in [3.05, 3.63) is 76.5 Å². The van der Waals surface area contributed by atoms with Gasteiger partial charge in [0.1, 0.15) is 5.70 Å². The van der Waals surface area contributed by atoms with Crippen LogP contribution in [0, 0.1) is 6.92 Å². The second kappa shape index (κ2) is 6.99. The van der Waals surface area contributed by atoms with E-state index in [0.29, 0.717) is 11.3 Å². The Morgan fingerprint density at radius 2 is 1.76 bits per heavy atom. The lowest BCUT2D eigenvalue weighted by Gasteiger charge is -2.24. The molecule has 2 aromatic rings. The predicted octanol–water partition coefficient (Wildman–Crippen LogP) is 3.62. The summed E-state index contributed by atoms with van der Waals surface area (Å²) in [6.07, 6.45) is -1.20. The molecule has 1 atom stereocenters. The molecule has 1 aliphatic heterocycles. The number of hydrogen-bond acceptors (Lipinski definition) is 5. The van der Waals surface area contributed by atoms with E-state index in [1.807, 2.05) is 37.3 Å². The van der Waals surface area contributed by atoms with E-state index in [1.165, 1.54) is 0 Å². The van der Waals surface area contributed by atoms with E-state index in [9.17, 15) is 9.59 Å². The van der Waals surface area contributed by atoms with E-state index >= 15 is 0 Å². The number of halogens is 1. The Bertz CT molecular complexity index is 830. The molecule has 0 fully saturated rings. The first-order valence-corrected chi connectivity index (χ1v) is 8.02. The number of anilines is 1. The maximum Gasteiger partial charge on any atom is 0.355 e. The van der Waals surface area contributed by atoms with Crippen LogP contribution in [0.5, 0.6) is 0 Å². The van der Waals surface area contributed by atoms with Crippen LogP contribution in [0.15, 0.2) is 65.3 Å². The predicted molar refractivity (Wildman–Crippen MR) is 94.2 cm³/mol. The monoisotopic (exact) mass is 357 g/mol. The summed E-state index contributed by atoms with van der Waals surface area (Å²) in [5.41, 5.74) is 2.46. The molecule has 1 aliphatic rings. The fraction of sp³-hybridized carbons (Fsp3) is 0.158. The first-order valence-electron chi connectivity index (χ1n) is 7.64. The number of carbonyl (C=O) groups excluding carboxylic acids is 2. The molecule has 3 rings (SSSR count). The van der Waals surface area contributed by atoms with Crippen molar-refractivity contribution in [3.63, 3.8) is 0 Å². The van der Waals surface area contributed by atoms with Gasteiger partial charge in [-0.25, -0.2) is 9.59 Å². The third-order valence-corrected chi connectivity index (χ3v) is 4.20. The van der Waals surface area contributed by atoms with Crippen LogP contribution in [-0.2, 0) is 14.3 Å². The maximum atomic E-state index is 12.3. The molecule has 0 spiro atoms. The van der Waals surface area contributed by atoms with E-state index < -0.39 is 18.2 Å². The molecule has 25 heavy (non-hydrogen) atoms. The van der Waals surface area contributed by atoms with Crippen molar-refractivity contribution >= 4 is 29.2 Å². The quantitative estimate of drug-likeness (QED) is 0.782. The number of para-hydroxylation sites is 1. The summed E-state index contributed by atoms with van der Waals surface area (Å²) in [5.74, 6) is -1.32. The zero-order valence-electron chi connectivity index (χ0n) is 13.7. The molecule has 0 saturated heterocycles. The fourth-order valence-corrected chi connectivity index (χ4v) is 2.70. The topological polar surface area (TPSA) is 55.8 Å². The largest absolute Gasteiger partial charge is 0.415 e. The minimum Gasteiger partial charge on any atom is -0.415 e. The van der Waals surface area contributed by atoms with Crippen molar-refractivity contribution in [1.29, 1.82) is 0 Å². The molecule has 0 radical (unpaired) electrons. The molecule has 6 heteroatoms. The number of rotatable bonds is 4. The Morgan fingerprint density at radius 3 is 2.40 bits per heavy atom. The van der Waals surface area contributed by atoms with Gasteiger partial charge in [-0.05, 0) is 31.2 Å². The summed E-state index contributed by atoms with van der Waals surface area (Å²) in [4.78, 5) is 25.9. The van der Waals surface area contributed by atoms with Gasteiger partial charge in [0, 0.05) is 12.7 Å². The number of likely N-dealkylation sites (N-methyl/N-ethyl adjacent to an activating group) is 1. The van der Waals surface area contributed by atoms with E-state index in [0.717, 1.165) is 11.3 Å². The fourth-order valence-electron chi connectivity index (χ4n) is 2.44. The standard InChI is InChI=1S/C19H16ClNO4/c1-12-8-10-13(11-9-12)17(22)24-19-16(15(20)18(23)25-19)21(2)14-6-4-3-5-7-14/h3-11,19H,1-2H3/t19-/m0/s1. The lowest BCUT2D eigenvalue weighted by molar-refractivity contribution is -0.152. The number of aryl methyl sites for hydroxylation is 1. The molecule has 0 amide bonds. The lowest BCUT2D eigenvalue weighted by atomic mass is 10.1. The molecule has 128 valence electrons. The SMILES string of the molecule is Cc1ccc(C(=O)O[C@H]2OC(=O)C(Cl)=C2N(C)c2ccccc2)cc1. The highest BCUT2D eigenvalue weighted by Crippen LogP contribution is 2.32. The summed E-state index contributed by atoms with van der Waals surface area (Å²) in [7, 11) is 1.72. The van der Waals surface area contributed by atoms with Gasteiger partial charge in [-0.2, -0.15) is 0 Å². The van der Waals surface area contributed by atoms with Gasteiger partial charge >= 0.3 is 11.9 Å². The Balaban J connectivity index is 1.84. The first-order chi connectivity index (χ1) is 12.0. The van der Waals surface area contributed by atoms with Crippen LogP contribution in [0.4, 0.5) is 5.69 Å². The summed E-state index contributed by atoms with van der Waals surface area (Å²) < 4.78 is 10.5. The summed E-state index contributed by atoms with van der Waals surface area (Å²) in [5, 5.41) is -0.104. The smallest absolute Gasteiger partial charge is 0.355 e. The van der Waals surface area contributed by atoms with Gasteiger partial charge in [-0.3, -0.25) is 0 Å². The van der Waals surface area contributed by atoms with Gasteiger partial charge in [0.2, 0.25) is 0 Å². The number of cyclic esters (lactones) is 1. The molecule has 0 aliphatic carbocycles. The third-order valence-electron chi connectivity index (χ3n) is 3.85. The average Bonchev–Trinajstić information content (AvgIpc) is 2.89. The molecule has 1 heterocycles. The molecule has 0 bridgehead atoms. The van der Waals surface area contributed by atoms with Crippen LogP contribution in [0.2, 0.25) is 0 Å². The van der Waals surface area contributed by atoms with Gasteiger partial charge < -0.3 is 14.4 Å². The highest BCUT2D eigenvalue weighted by Gasteiger charge is 2.39. The number of esters is 2. The van der Waals surface area contributed by atoms with Crippen molar-refractivity contribution in [1.82, 2.24) is 0 Å². The third kappa shape index (κ3) is 3.51. The molecule has 2 aromatic carbocycles. The minimum atomic E-state index is -1.20. The zero-order chi connectivity index (χ0) is 18.0. The second-order valence-corrected chi connectivity index (χ2v) is 5.98. The highest BCUT2D eigenvalue weighted by atomic mass is 35.5. The van der Waals surface area contributed by atoms with Crippen molar-refractivity contribution in [2.24, 2.45) is 0 Å². The summed E-state index contributed by atoms with van der Waals surface area (Å²) in [6.45, 7) is 1.92. The van der Waals surface area contributed by atoms with Crippen molar-refractivity contribution < 1.29 is 19.1 Å². The first kappa shape index (κ1) is 17.0. The van der Waals surface area contributed by atoms with Gasteiger partial charge in [0.25, 0.3) is 6.29 Å². The van der Waals surface area contributed by atoms with E-state index in [-0.39, 0.29) is 5.03 Å². The molecule has 0 unspecified atom stereocenters. The van der Waals surface area contributed by atoms with Crippen molar-refractivity contribution in [2.45, 2.75) is 13.2 Å². The molecule has 0 saturated carbocycles. The molecular weight excluding hydrogens is 342 g/mol. The van der Waals surface area contributed by atoms with Crippen LogP contribution in [-0.4, -0.2) is 25.3 Å². The summed E-state index contributed by atoms with van der Waals surface area (Å²) >= 11 is 6.09. The minimum absolute atomic E-state index is 0.104. The highest BCUT2D eigenvalue weighted by molar-refractivity contribution is 6.42. The number of carbonyl (C=O) groups is 2. The zero-order valence-corrected chi connectivity index (χ0v) is 14.5. The summed E-state index contributed by atoms with van der Waals surface area (Å²) in [6, 6.07) is 16.2. The second-order valence-electron chi connectivity index (χ2n) is 5.60. The van der Waals surface area contributed by atoms with Gasteiger partial charge in [-0.15, -0.1) is 0 Å². The maximum absolute atomic E-state index is 12.3. The van der Waals surface area contributed by atoms with Gasteiger partial charge in [0.15, 0.2) is 5.03 Å². The number of hydrogen-bond donors (Lipinski definition) is 0. The number of ether oxygens (including phenoxy) is 2. The van der Waals surface area contributed by atoms with Crippen molar-refractivity contribution in [3.8, 4) is 0 Å². The van der Waals surface area contributed by atoms with Crippen molar-refractivity contribution in [2.75, 3.05) is 11.9 Å². The van der Waals surface area contributed by atoms with Crippen LogP contribution in [0.1, 0.15) is 15.9 Å². The molecule has 0 N–H and O–H groups in total. The molecule has 0 aromatic heterocycles. The average molecular weight is 358 g/mol. The normalized spacial score (nSPS) is 16.6. The molecular formula is C19H16ClNO4.